The molecule has 1 aliphatic carbocycles. The van der Waals surface area contributed by atoms with Gasteiger partial charge in [-0.1, -0.05) is 184 Å². The van der Waals surface area contributed by atoms with Crippen LogP contribution in [0.25, 0.3) is 77.2 Å². The molecule has 0 radical (unpaired) electrons. The van der Waals surface area contributed by atoms with Crippen LogP contribution in [0, 0.1) is 0 Å². The van der Waals surface area contributed by atoms with Crippen LogP contribution in [0.5, 0.6) is 0 Å². The molecule has 0 unspecified atom stereocenters. The molecule has 1 aromatic heterocycles. The number of para-hydroxylation sites is 1. The maximum Gasteiger partial charge on any atom is 0.143 e. The van der Waals surface area contributed by atoms with E-state index in [1.54, 1.807) is 0 Å². The van der Waals surface area contributed by atoms with E-state index in [9.17, 15) is 0 Å². The van der Waals surface area contributed by atoms with Gasteiger partial charge >= 0.3 is 0 Å². The van der Waals surface area contributed by atoms with Crippen LogP contribution in [0.1, 0.15) is 25.0 Å². The lowest BCUT2D eigenvalue weighted by Gasteiger charge is -2.31. The van der Waals surface area contributed by atoms with Crippen LogP contribution in [0.2, 0.25) is 0 Å². The standard InChI is InChI=1S/C55H39NO/c1-55(2)48-29-15-13-25-42(48)43-33-32-38(34-49(43)55)56(50-30-16-14-23-40(50)37-20-7-4-8-21-37)51-35-47-53-45(41-24-10-9-22-39(41)36-18-5-3-6-19-36)28-17-31-52(53)57-54(47)46-27-12-11-26-44(46)51/h3-35H,1-2H3. The molecular weight excluding hydrogens is 691 g/mol. The Bertz CT molecular complexity index is 3150. The van der Waals surface area contributed by atoms with Gasteiger partial charge in [0.1, 0.15) is 11.2 Å². The minimum atomic E-state index is -0.152. The topological polar surface area (TPSA) is 16.4 Å². The molecular formula is C55H39NO. The van der Waals surface area contributed by atoms with Crippen molar-refractivity contribution < 1.29 is 4.42 Å². The molecule has 2 nitrogen and oxygen atoms in total. The van der Waals surface area contributed by atoms with Crippen molar-refractivity contribution in [1.29, 1.82) is 0 Å². The van der Waals surface area contributed by atoms with E-state index in [0.29, 0.717) is 0 Å². The summed E-state index contributed by atoms with van der Waals surface area (Å²) < 4.78 is 6.92. The lowest BCUT2D eigenvalue weighted by molar-refractivity contribution is 0.660. The van der Waals surface area contributed by atoms with Crippen molar-refractivity contribution in [2.45, 2.75) is 19.3 Å². The summed E-state index contributed by atoms with van der Waals surface area (Å²) in [7, 11) is 0. The molecule has 270 valence electrons. The van der Waals surface area contributed by atoms with Gasteiger partial charge in [-0.05, 0) is 80.4 Å². The zero-order chi connectivity index (χ0) is 38.1. The summed E-state index contributed by atoms with van der Waals surface area (Å²) in [5, 5.41) is 4.42. The summed E-state index contributed by atoms with van der Waals surface area (Å²) in [6, 6.07) is 72.5. The van der Waals surface area contributed by atoms with Gasteiger partial charge in [0.05, 0.1) is 11.4 Å². The predicted octanol–water partition coefficient (Wildman–Crippen LogP) is 15.5. The number of fused-ring (bicyclic) bond motifs is 8. The first-order chi connectivity index (χ1) is 28.1. The van der Waals surface area contributed by atoms with Crippen molar-refractivity contribution in [2.75, 3.05) is 4.90 Å². The van der Waals surface area contributed by atoms with Gasteiger partial charge < -0.3 is 9.32 Å². The summed E-state index contributed by atoms with van der Waals surface area (Å²) in [5.41, 5.74) is 17.3. The molecule has 1 heterocycles. The average Bonchev–Trinajstić information content (AvgIpc) is 3.76. The zero-order valence-electron chi connectivity index (χ0n) is 31.9. The van der Waals surface area contributed by atoms with Gasteiger partial charge in [0.2, 0.25) is 0 Å². The van der Waals surface area contributed by atoms with E-state index in [-0.39, 0.29) is 5.41 Å². The fourth-order valence-electron chi connectivity index (χ4n) is 9.40. The highest BCUT2D eigenvalue weighted by Gasteiger charge is 2.36. The van der Waals surface area contributed by atoms with Crippen LogP contribution in [0.3, 0.4) is 0 Å². The first-order valence-electron chi connectivity index (χ1n) is 19.8. The Morgan fingerprint density at radius 1 is 0.386 bits per heavy atom. The lowest BCUT2D eigenvalue weighted by atomic mass is 9.82. The molecule has 0 spiro atoms. The molecule has 9 aromatic carbocycles. The summed E-state index contributed by atoms with van der Waals surface area (Å²) in [6.07, 6.45) is 0. The van der Waals surface area contributed by atoms with Crippen LogP contribution < -0.4 is 4.90 Å². The maximum atomic E-state index is 6.92. The second kappa shape index (κ2) is 13.0. The molecule has 0 bridgehead atoms. The Kier molecular flexibility index (Phi) is 7.55. The molecule has 2 heteroatoms. The first kappa shape index (κ1) is 33.2. The van der Waals surface area contributed by atoms with Crippen molar-refractivity contribution in [3.05, 3.63) is 211 Å². The van der Waals surface area contributed by atoms with E-state index >= 15 is 0 Å². The summed E-state index contributed by atoms with van der Waals surface area (Å²) >= 11 is 0. The number of nitrogens with zero attached hydrogens (tertiary/aromatic N) is 1. The number of benzene rings is 9. The van der Waals surface area contributed by atoms with E-state index in [0.717, 1.165) is 55.3 Å². The largest absolute Gasteiger partial charge is 0.455 e. The maximum absolute atomic E-state index is 6.92. The summed E-state index contributed by atoms with van der Waals surface area (Å²) in [6.45, 7) is 4.72. The minimum absolute atomic E-state index is 0.152. The van der Waals surface area contributed by atoms with Gasteiger partial charge in [-0.25, -0.2) is 0 Å². The second-order valence-electron chi connectivity index (χ2n) is 15.6. The van der Waals surface area contributed by atoms with E-state index in [1.165, 1.54) is 50.1 Å². The number of rotatable bonds is 6. The van der Waals surface area contributed by atoms with E-state index in [4.69, 9.17) is 4.42 Å². The van der Waals surface area contributed by atoms with Gasteiger partial charge in [-0.2, -0.15) is 0 Å². The smallest absolute Gasteiger partial charge is 0.143 e. The van der Waals surface area contributed by atoms with Crippen molar-refractivity contribution in [1.82, 2.24) is 0 Å². The van der Waals surface area contributed by atoms with Gasteiger partial charge in [0.15, 0.2) is 0 Å². The van der Waals surface area contributed by atoms with Crippen molar-refractivity contribution in [2.24, 2.45) is 0 Å². The molecule has 0 fully saturated rings. The fourth-order valence-corrected chi connectivity index (χ4v) is 9.40. The minimum Gasteiger partial charge on any atom is -0.455 e. The number of furan rings is 1. The summed E-state index contributed by atoms with van der Waals surface area (Å²) in [4.78, 5) is 2.49. The highest BCUT2D eigenvalue weighted by molar-refractivity contribution is 6.23. The van der Waals surface area contributed by atoms with E-state index < -0.39 is 0 Å². The fraction of sp³-hybridized carbons (Fsp3) is 0.0545. The molecule has 0 atom stereocenters. The lowest BCUT2D eigenvalue weighted by Crippen LogP contribution is -2.17. The number of hydrogen-bond acceptors (Lipinski definition) is 2. The molecule has 0 aliphatic heterocycles. The first-order valence-corrected chi connectivity index (χ1v) is 19.8. The van der Waals surface area contributed by atoms with Gasteiger partial charge in [0, 0.05) is 38.2 Å². The number of hydrogen-bond donors (Lipinski definition) is 0. The highest BCUT2D eigenvalue weighted by atomic mass is 16.3. The molecule has 11 rings (SSSR count). The molecule has 1 aliphatic rings. The monoisotopic (exact) mass is 729 g/mol. The Hall–Kier alpha value is -7.16. The predicted molar refractivity (Wildman–Crippen MR) is 240 cm³/mol. The number of anilines is 3. The highest BCUT2D eigenvalue weighted by Crippen LogP contribution is 2.53. The molecule has 0 saturated carbocycles. The van der Waals surface area contributed by atoms with Crippen molar-refractivity contribution in [3.8, 4) is 44.5 Å². The Morgan fingerprint density at radius 3 is 1.74 bits per heavy atom. The van der Waals surface area contributed by atoms with Gasteiger partial charge in [-0.15, -0.1) is 0 Å². The summed E-state index contributed by atoms with van der Waals surface area (Å²) in [5.74, 6) is 0. The van der Waals surface area contributed by atoms with Crippen LogP contribution in [-0.2, 0) is 5.41 Å². The molecule has 0 saturated heterocycles. The molecule has 10 aromatic rings. The average molecular weight is 730 g/mol. The second-order valence-corrected chi connectivity index (χ2v) is 15.6. The Labute approximate surface area is 332 Å². The van der Waals surface area contributed by atoms with E-state index in [2.05, 4.69) is 219 Å². The molecule has 57 heavy (non-hydrogen) atoms. The third kappa shape index (κ3) is 5.18. The van der Waals surface area contributed by atoms with Crippen molar-refractivity contribution in [3.63, 3.8) is 0 Å². The van der Waals surface area contributed by atoms with Crippen LogP contribution >= 0.6 is 0 Å². The Balaban J connectivity index is 1.23. The SMILES string of the molecule is CC1(C)c2ccccc2-c2ccc(N(c3ccccc3-c3ccccc3)c3cc4c(oc5cccc(-c6ccccc6-c6ccccc6)c54)c4ccccc34)cc21. The quantitative estimate of drug-likeness (QED) is 0.169. The zero-order valence-corrected chi connectivity index (χ0v) is 31.9. The van der Waals surface area contributed by atoms with Crippen LogP contribution in [0.4, 0.5) is 17.1 Å². The third-order valence-electron chi connectivity index (χ3n) is 12.1. The van der Waals surface area contributed by atoms with Crippen LogP contribution in [0.15, 0.2) is 205 Å². The van der Waals surface area contributed by atoms with Crippen molar-refractivity contribution >= 4 is 49.8 Å². The van der Waals surface area contributed by atoms with Gasteiger partial charge in [-0.3, -0.25) is 0 Å². The third-order valence-corrected chi connectivity index (χ3v) is 12.1. The Morgan fingerprint density at radius 2 is 0.965 bits per heavy atom. The molecule has 0 amide bonds. The van der Waals surface area contributed by atoms with E-state index in [1.807, 2.05) is 0 Å². The van der Waals surface area contributed by atoms with Crippen LogP contribution in [-0.4, -0.2) is 0 Å². The molecule has 0 N–H and O–H groups in total. The normalized spacial score (nSPS) is 12.9. The van der Waals surface area contributed by atoms with Gasteiger partial charge in [0.25, 0.3) is 0 Å².